The second-order valence-electron chi connectivity index (χ2n) is 9.04. The van der Waals surface area contributed by atoms with Crippen LogP contribution in [-0.4, -0.2) is 69.5 Å². The summed E-state index contributed by atoms with van der Waals surface area (Å²) in [5.41, 5.74) is 9.28. The van der Waals surface area contributed by atoms with Crippen molar-refractivity contribution in [1.82, 2.24) is 30.1 Å². The summed E-state index contributed by atoms with van der Waals surface area (Å²) >= 11 is 1.66. The Morgan fingerprint density at radius 2 is 1.97 bits per heavy atom. The number of aromatic nitrogens is 5. The lowest BCUT2D eigenvalue weighted by atomic mass is 10.0. The third kappa shape index (κ3) is 4.60. The van der Waals surface area contributed by atoms with Crippen LogP contribution in [0, 0.1) is 12.7 Å². The quantitative estimate of drug-likeness (QED) is 0.331. The van der Waals surface area contributed by atoms with Gasteiger partial charge in [-0.2, -0.15) is 4.68 Å². The molecule has 0 unspecified atom stereocenters. The Morgan fingerprint density at radius 3 is 2.84 bits per heavy atom. The Labute approximate surface area is 222 Å². The van der Waals surface area contributed by atoms with Crippen LogP contribution in [0.25, 0.3) is 38.3 Å². The van der Waals surface area contributed by atoms with Gasteiger partial charge in [0.15, 0.2) is 11.6 Å². The Balaban J connectivity index is 1.29. The molecule has 0 amide bonds. The number of tetrazole rings is 1. The molecular weight excluding hydrogens is 505 g/mol. The van der Waals surface area contributed by atoms with E-state index in [1.807, 2.05) is 18.2 Å². The number of pyridine rings is 1. The fraction of sp³-hybridized carbons (Fsp3) is 0.259. The molecule has 38 heavy (non-hydrogen) atoms. The van der Waals surface area contributed by atoms with E-state index in [2.05, 4.69) is 42.9 Å². The maximum absolute atomic E-state index is 15.6. The predicted molar refractivity (Wildman–Crippen MR) is 145 cm³/mol. The number of benzene rings is 2. The molecule has 0 atom stereocenters. The molecular formula is C27H26FN7O2S. The Kier molecular flexibility index (Phi) is 6.71. The van der Waals surface area contributed by atoms with Crippen molar-refractivity contribution >= 4 is 27.2 Å². The summed E-state index contributed by atoms with van der Waals surface area (Å²) in [6.45, 7) is 6.10. The standard InChI is InChI=1S/C27H26FN7O2S/c1-17-23(37-13-10-34-8-11-36-12-9-34)7-6-22(25(17)28)35-27(31-32-33-35)20-14-18(15-30-26(20)29)21-16-38-24-5-3-2-4-19(21)24/h2-7,14-16H,8-13H2,1H3,(H2,29,30). The second-order valence-corrected chi connectivity index (χ2v) is 9.95. The van der Waals surface area contributed by atoms with Gasteiger partial charge in [-0.1, -0.05) is 18.2 Å². The van der Waals surface area contributed by atoms with Crippen LogP contribution in [0.2, 0.25) is 0 Å². The van der Waals surface area contributed by atoms with E-state index >= 15 is 4.39 Å². The molecule has 194 valence electrons. The highest BCUT2D eigenvalue weighted by Gasteiger charge is 2.21. The van der Waals surface area contributed by atoms with Gasteiger partial charge in [0.1, 0.15) is 23.9 Å². The normalized spacial score (nSPS) is 14.3. The highest BCUT2D eigenvalue weighted by Crippen LogP contribution is 2.36. The fourth-order valence-electron chi connectivity index (χ4n) is 4.60. The van der Waals surface area contributed by atoms with Gasteiger partial charge in [-0.15, -0.1) is 16.4 Å². The molecule has 6 rings (SSSR count). The van der Waals surface area contributed by atoms with Gasteiger partial charge in [0.05, 0.1) is 18.8 Å². The molecule has 0 aliphatic carbocycles. The number of hydrogen-bond acceptors (Lipinski definition) is 9. The zero-order chi connectivity index (χ0) is 26.1. The Morgan fingerprint density at radius 1 is 1.13 bits per heavy atom. The molecule has 4 heterocycles. The fourth-order valence-corrected chi connectivity index (χ4v) is 5.57. The van der Waals surface area contributed by atoms with Crippen LogP contribution >= 0.6 is 11.3 Å². The van der Waals surface area contributed by atoms with Crippen molar-refractivity contribution in [2.24, 2.45) is 0 Å². The van der Waals surface area contributed by atoms with Crippen molar-refractivity contribution in [2.45, 2.75) is 6.92 Å². The number of nitrogen functional groups attached to an aromatic ring is 1. The summed E-state index contributed by atoms with van der Waals surface area (Å²) in [4.78, 5) is 6.67. The van der Waals surface area contributed by atoms with Gasteiger partial charge in [-0.05, 0) is 47.0 Å². The van der Waals surface area contributed by atoms with Crippen LogP contribution in [0.1, 0.15) is 5.56 Å². The second kappa shape index (κ2) is 10.4. The molecule has 1 aliphatic heterocycles. The van der Waals surface area contributed by atoms with E-state index in [9.17, 15) is 0 Å². The molecule has 1 fully saturated rings. The van der Waals surface area contributed by atoms with Crippen molar-refractivity contribution in [3.05, 3.63) is 65.4 Å². The van der Waals surface area contributed by atoms with E-state index in [4.69, 9.17) is 15.2 Å². The number of morpholine rings is 1. The van der Waals surface area contributed by atoms with Crippen molar-refractivity contribution in [1.29, 1.82) is 0 Å². The molecule has 3 aromatic heterocycles. The van der Waals surface area contributed by atoms with Gasteiger partial charge in [0.25, 0.3) is 0 Å². The largest absolute Gasteiger partial charge is 0.492 e. The SMILES string of the molecule is Cc1c(OCCN2CCOCC2)ccc(-n2nnnc2-c2cc(-c3csc4ccccc34)cnc2N)c1F. The number of nitrogens with two attached hydrogens (primary N) is 1. The summed E-state index contributed by atoms with van der Waals surface area (Å²) < 4.78 is 29.4. The minimum Gasteiger partial charge on any atom is -0.492 e. The summed E-state index contributed by atoms with van der Waals surface area (Å²) in [6, 6.07) is 13.4. The first kappa shape index (κ1) is 24.4. The van der Waals surface area contributed by atoms with Crippen LogP contribution in [0.15, 0.2) is 54.0 Å². The first-order valence-electron chi connectivity index (χ1n) is 12.3. The van der Waals surface area contributed by atoms with Crippen LogP contribution < -0.4 is 10.5 Å². The van der Waals surface area contributed by atoms with E-state index < -0.39 is 5.82 Å². The topological polar surface area (TPSA) is 104 Å². The number of halogens is 1. The van der Waals surface area contributed by atoms with Gasteiger partial charge < -0.3 is 15.2 Å². The number of anilines is 1. The van der Waals surface area contributed by atoms with Crippen LogP contribution in [-0.2, 0) is 4.74 Å². The van der Waals surface area contributed by atoms with Gasteiger partial charge in [0, 0.05) is 52.6 Å². The predicted octanol–water partition coefficient (Wildman–Crippen LogP) is 4.35. The molecule has 0 bridgehead atoms. The lowest BCUT2D eigenvalue weighted by molar-refractivity contribution is 0.0322. The molecule has 0 radical (unpaired) electrons. The highest BCUT2D eigenvalue weighted by molar-refractivity contribution is 7.17. The lowest BCUT2D eigenvalue weighted by Crippen LogP contribution is -2.38. The molecule has 11 heteroatoms. The number of fused-ring (bicyclic) bond motifs is 1. The third-order valence-corrected chi connectivity index (χ3v) is 7.70. The minimum atomic E-state index is -0.464. The molecule has 1 aliphatic rings. The van der Waals surface area contributed by atoms with E-state index in [0.717, 1.165) is 49.4 Å². The van der Waals surface area contributed by atoms with E-state index in [1.54, 1.807) is 36.6 Å². The van der Waals surface area contributed by atoms with Crippen molar-refractivity contribution < 1.29 is 13.9 Å². The van der Waals surface area contributed by atoms with E-state index in [-0.39, 0.29) is 11.5 Å². The van der Waals surface area contributed by atoms with Crippen molar-refractivity contribution in [2.75, 3.05) is 45.2 Å². The lowest BCUT2D eigenvalue weighted by Gasteiger charge is -2.26. The minimum absolute atomic E-state index is 0.203. The zero-order valence-electron chi connectivity index (χ0n) is 20.8. The number of ether oxygens (including phenoxy) is 2. The van der Waals surface area contributed by atoms with Crippen LogP contribution in [0.3, 0.4) is 0 Å². The molecule has 0 spiro atoms. The first-order chi connectivity index (χ1) is 18.6. The number of hydrogen-bond donors (Lipinski definition) is 1. The zero-order valence-corrected chi connectivity index (χ0v) is 21.6. The summed E-state index contributed by atoms with van der Waals surface area (Å²) in [6.07, 6.45) is 1.73. The average Bonchev–Trinajstić information content (AvgIpc) is 3.60. The molecule has 2 N–H and O–H groups in total. The van der Waals surface area contributed by atoms with Gasteiger partial charge in [0.2, 0.25) is 0 Å². The summed E-state index contributed by atoms with van der Waals surface area (Å²) in [5, 5.41) is 15.3. The Hall–Kier alpha value is -3.93. The van der Waals surface area contributed by atoms with Gasteiger partial charge >= 0.3 is 0 Å². The van der Waals surface area contributed by atoms with Gasteiger partial charge in [-0.3, -0.25) is 4.90 Å². The monoisotopic (exact) mass is 531 g/mol. The smallest absolute Gasteiger partial charge is 0.190 e. The molecule has 1 saturated heterocycles. The molecule has 2 aromatic carbocycles. The van der Waals surface area contributed by atoms with Gasteiger partial charge in [-0.25, -0.2) is 9.37 Å². The first-order valence-corrected chi connectivity index (χ1v) is 13.2. The maximum atomic E-state index is 15.6. The van der Waals surface area contributed by atoms with E-state index in [0.29, 0.717) is 29.3 Å². The summed E-state index contributed by atoms with van der Waals surface area (Å²) in [5.74, 6) is 0.579. The molecule has 5 aromatic rings. The number of nitrogens with zero attached hydrogens (tertiary/aromatic N) is 6. The Bertz CT molecular complexity index is 1600. The summed E-state index contributed by atoms with van der Waals surface area (Å²) in [7, 11) is 0. The molecule has 9 nitrogen and oxygen atoms in total. The third-order valence-electron chi connectivity index (χ3n) is 6.73. The average molecular weight is 532 g/mol. The highest BCUT2D eigenvalue weighted by atomic mass is 32.1. The molecule has 0 saturated carbocycles. The van der Waals surface area contributed by atoms with Crippen molar-refractivity contribution in [3.8, 4) is 34.0 Å². The van der Waals surface area contributed by atoms with E-state index in [1.165, 1.54) is 9.38 Å². The van der Waals surface area contributed by atoms with Crippen LogP contribution in [0.5, 0.6) is 5.75 Å². The maximum Gasteiger partial charge on any atom is 0.190 e. The van der Waals surface area contributed by atoms with Crippen molar-refractivity contribution in [3.63, 3.8) is 0 Å². The number of rotatable bonds is 7. The van der Waals surface area contributed by atoms with Crippen LogP contribution in [0.4, 0.5) is 10.2 Å². The number of thiophene rings is 1.